The van der Waals surface area contributed by atoms with Gasteiger partial charge in [0.25, 0.3) is 0 Å². The molecule has 0 aromatic heterocycles. The molecule has 79 heavy (non-hydrogen) atoms. The zero-order valence-electron chi connectivity index (χ0n) is 53.9. The van der Waals surface area contributed by atoms with E-state index in [2.05, 4.69) is 32.9 Å². The van der Waals surface area contributed by atoms with Gasteiger partial charge in [0.2, 0.25) is 0 Å². The fraction of sp³-hybridized carbons (Fsp3) is 0.932. The molecule has 1 atom stereocenters. The van der Waals surface area contributed by atoms with E-state index in [1.165, 1.54) is 321 Å². The molecular weight excluding hydrogens is 973 g/mol. The number of unbranched alkanes of at least 4 members (excludes halogenated alkanes) is 55. The average molecular weight is 1110 g/mol. The summed E-state index contributed by atoms with van der Waals surface area (Å²) in [6.07, 6.45) is 82.8. The molecule has 0 heterocycles. The predicted octanol–water partition coefficient (Wildman–Crippen LogP) is 24.8. The molecule has 0 aliphatic rings. The third-order valence-electron chi connectivity index (χ3n) is 16.8. The summed E-state index contributed by atoms with van der Waals surface area (Å²) in [6.45, 7) is 6.70. The highest BCUT2D eigenvalue weighted by atomic mass is 16.6. The van der Waals surface area contributed by atoms with Crippen molar-refractivity contribution in [2.45, 2.75) is 425 Å². The van der Waals surface area contributed by atoms with Crippen LogP contribution in [-0.2, 0) is 28.6 Å². The van der Waals surface area contributed by atoms with E-state index in [1.54, 1.807) is 0 Å². The number of carbonyl (C=O) groups is 3. The summed E-state index contributed by atoms with van der Waals surface area (Å²) >= 11 is 0. The van der Waals surface area contributed by atoms with Crippen molar-refractivity contribution in [1.82, 2.24) is 0 Å². The minimum atomic E-state index is -0.766. The first-order valence-electron chi connectivity index (χ1n) is 36.2. The summed E-state index contributed by atoms with van der Waals surface area (Å²) < 4.78 is 16.9. The first-order valence-corrected chi connectivity index (χ1v) is 36.2. The lowest BCUT2D eigenvalue weighted by Crippen LogP contribution is -2.30. The van der Waals surface area contributed by atoms with Crippen LogP contribution in [0.5, 0.6) is 0 Å². The summed E-state index contributed by atoms with van der Waals surface area (Å²) in [5.41, 5.74) is 0. The van der Waals surface area contributed by atoms with Crippen LogP contribution in [0.25, 0.3) is 0 Å². The Balaban J connectivity index is 4.03. The molecule has 0 saturated heterocycles. The number of allylic oxidation sites excluding steroid dienone is 2. The molecule has 0 aromatic carbocycles. The van der Waals surface area contributed by atoms with E-state index in [4.69, 9.17) is 14.2 Å². The van der Waals surface area contributed by atoms with Gasteiger partial charge in [-0.15, -0.1) is 0 Å². The van der Waals surface area contributed by atoms with Crippen LogP contribution in [0.2, 0.25) is 0 Å². The summed E-state index contributed by atoms with van der Waals surface area (Å²) in [5.74, 6) is -0.837. The second-order valence-electron chi connectivity index (χ2n) is 24.9. The van der Waals surface area contributed by atoms with E-state index in [0.29, 0.717) is 19.3 Å². The maximum Gasteiger partial charge on any atom is 0.306 e. The van der Waals surface area contributed by atoms with Crippen molar-refractivity contribution in [3.8, 4) is 0 Å². The Morgan fingerprint density at radius 1 is 0.241 bits per heavy atom. The molecule has 0 bridgehead atoms. The molecule has 0 N–H and O–H groups in total. The van der Waals surface area contributed by atoms with E-state index in [-0.39, 0.29) is 31.1 Å². The Morgan fingerprint density at radius 3 is 0.633 bits per heavy atom. The number of hydrogen-bond donors (Lipinski definition) is 0. The van der Waals surface area contributed by atoms with Crippen LogP contribution in [0, 0.1) is 0 Å². The first kappa shape index (κ1) is 77.2. The number of carbonyl (C=O) groups excluding carboxylic acids is 3. The third-order valence-corrected chi connectivity index (χ3v) is 16.8. The largest absolute Gasteiger partial charge is 0.462 e. The van der Waals surface area contributed by atoms with Gasteiger partial charge in [0.1, 0.15) is 13.2 Å². The van der Waals surface area contributed by atoms with Crippen molar-refractivity contribution in [1.29, 1.82) is 0 Å². The first-order chi connectivity index (χ1) is 39.0. The normalized spacial score (nSPS) is 12.0. The van der Waals surface area contributed by atoms with Crippen molar-refractivity contribution in [3.05, 3.63) is 12.2 Å². The predicted molar refractivity (Wildman–Crippen MR) is 344 cm³/mol. The Bertz CT molecular complexity index is 1230. The standard InChI is InChI=1S/C73H140O6/c1-4-7-10-13-16-19-21-23-25-27-29-31-32-33-34-35-36-37-38-39-40-42-43-45-47-49-51-54-57-60-63-66-72(75)78-69-70(68-77-71(74)65-62-59-56-53-18-15-12-9-6-3)79-73(76)67-64-61-58-55-52-50-48-46-44-41-30-28-26-24-22-20-17-14-11-8-5-2/h28,30,70H,4-27,29,31-69H2,1-3H3/b30-28-. The van der Waals surface area contributed by atoms with Gasteiger partial charge in [-0.1, -0.05) is 367 Å². The van der Waals surface area contributed by atoms with Crippen molar-refractivity contribution in [2.75, 3.05) is 13.2 Å². The van der Waals surface area contributed by atoms with Crippen LogP contribution in [0.1, 0.15) is 419 Å². The van der Waals surface area contributed by atoms with Gasteiger partial charge in [-0.25, -0.2) is 0 Å². The lowest BCUT2D eigenvalue weighted by atomic mass is 10.0. The van der Waals surface area contributed by atoms with Crippen LogP contribution in [0.15, 0.2) is 12.2 Å². The molecule has 0 rings (SSSR count). The summed E-state index contributed by atoms with van der Waals surface area (Å²) in [6, 6.07) is 0. The number of rotatable bonds is 68. The lowest BCUT2D eigenvalue weighted by molar-refractivity contribution is -0.167. The third kappa shape index (κ3) is 66.8. The van der Waals surface area contributed by atoms with Crippen molar-refractivity contribution in [3.63, 3.8) is 0 Å². The number of esters is 3. The van der Waals surface area contributed by atoms with Gasteiger partial charge >= 0.3 is 17.9 Å². The van der Waals surface area contributed by atoms with E-state index in [0.717, 1.165) is 57.8 Å². The minimum Gasteiger partial charge on any atom is -0.462 e. The van der Waals surface area contributed by atoms with Crippen LogP contribution < -0.4 is 0 Å². The highest BCUT2D eigenvalue weighted by Gasteiger charge is 2.19. The number of ether oxygens (including phenoxy) is 3. The van der Waals surface area contributed by atoms with E-state index in [9.17, 15) is 14.4 Å². The smallest absolute Gasteiger partial charge is 0.306 e. The Hall–Kier alpha value is -1.85. The fourth-order valence-electron chi connectivity index (χ4n) is 11.3. The monoisotopic (exact) mass is 1110 g/mol. The molecule has 0 aliphatic carbocycles. The van der Waals surface area contributed by atoms with Crippen LogP contribution in [0.4, 0.5) is 0 Å². The SMILES string of the molecule is CCCCCCCCCC/C=C\CCCCCCCCCCCC(=O)OC(COC(=O)CCCCCCCCCCC)COC(=O)CCCCCCCCCCCCCCCCCCCCCCCCCCCCCCCCC. The molecule has 0 fully saturated rings. The van der Waals surface area contributed by atoms with Gasteiger partial charge in [-0.05, 0) is 44.9 Å². The highest BCUT2D eigenvalue weighted by Crippen LogP contribution is 2.19. The van der Waals surface area contributed by atoms with Gasteiger partial charge in [-0.2, -0.15) is 0 Å². The molecule has 6 heteroatoms. The minimum absolute atomic E-state index is 0.0644. The maximum atomic E-state index is 12.9. The van der Waals surface area contributed by atoms with Gasteiger partial charge < -0.3 is 14.2 Å². The van der Waals surface area contributed by atoms with Crippen LogP contribution in [-0.4, -0.2) is 37.2 Å². The molecule has 0 radical (unpaired) electrons. The van der Waals surface area contributed by atoms with Crippen LogP contribution in [0.3, 0.4) is 0 Å². The lowest BCUT2D eigenvalue weighted by Gasteiger charge is -2.18. The number of hydrogen-bond acceptors (Lipinski definition) is 6. The molecule has 1 unspecified atom stereocenters. The zero-order chi connectivity index (χ0) is 57.1. The van der Waals surface area contributed by atoms with Crippen LogP contribution >= 0.6 is 0 Å². The fourth-order valence-corrected chi connectivity index (χ4v) is 11.3. The van der Waals surface area contributed by atoms with Crippen molar-refractivity contribution < 1.29 is 28.6 Å². The topological polar surface area (TPSA) is 78.9 Å². The Kier molecular flexibility index (Phi) is 67.0. The second kappa shape index (κ2) is 68.6. The molecule has 0 aliphatic heterocycles. The van der Waals surface area contributed by atoms with Crippen molar-refractivity contribution in [2.24, 2.45) is 0 Å². The Labute approximate surface area is 494 Å². The molecular formula is C73H140O6. The molecule has 0 aromatic rings. The van der Waals surface area contributed by atoms with Gasteiger partial charge in [0, 0.05) is 19.3 Å². The van der Waals surface area contributed by atoms with Crippen molar-refractivity contribution >= 4 is 17.9 Å². The van der Waals surface area contributed by atoms with Gasteiger partial charge in [0.05, 0.1) is 0 Å². The van der Waals surface area contributed by atoms with Gasteiger partial charge in [0.15, 0.2) is 6.10 Å². The van der Waals surface area contributed by atoms with E-state index in [1.807, 2.05) is 0 Å². The van der Waals surface area contributed by atoms with Gasteiger partial charge in [-0.3, -0.25) is 14.4 Å². The summed E-state index contributed by atoms with van der Waals surface area (Å²) in [7, 11) is 0. The molecule has 468 valence electrons. The Morgan fingerprint density at radius 2 is 0.418 bits per heavy atom. The highest BCUT2D eigenvalue weighted by molar-refractivity contribution is 5.71. The molecule has 0 saturated carbocycles. The van der Waals surface area contributed by atoms with E-state index >= 15 is 0 Å². The maximum absolute atomic E-state index is 12.9. The molecule has 0 amide bonds. The van der Waals surface area contributed by atoms with E-state index < -0.39 is 6.10 Å². The summed E-state index contributed by atoms with van der Waals surface area (Å²) in [5, 5.41) is 0. The second-order valence-corrected chi connectivity index (χ2v) is 24.9. The zero-order valence-corrected chi connectivity index (χ0v) is 53.9. The quantitative estimate of drug-likeness (QED) is 0.0261. The molecule has 6 nitrogen and oxygen atoms in total. The average Bonchev–Trinajstić information content (AvgIpc) is 3.45. The molecule has 0 spiro atoms. The summed E-state index contributed by atoms with van der Waals surface area (Å²) in [4.78, 5) is 38.3.